The minimum absolute atomic E-state index is 0.289. The Morgan fingerprint density at radius 1 is 1.31 bits per heavy atom. The first-order valence-electron chi connectivity index (χ1n) is 4.68. The predicted octanol–water partition coefficient (Wildman–Crippen LogP) is 3.32. The highest BCUT2D eigenvalue weighted by Crippen LogP contribution is 2.37. The number of anilines is 1. The highest BCUT2D eigenvalue weighted by molar-refractivity contribution is 7.16. The lowest BCUT2D eigenvalue weighted by Gasteiger charge is -2.01. The van der Waals surface area contributed by atoms with Gasteiger partial charge in [-0.2, -0.15) is 5.26 Å². The van der Waals surface area contributed by atoms with Gasteiger partial charge in [0.15, 0.2) is 0 Å². The smallest absolute Gasteiger partial charge is 0.123 e. The third-order valence-electron chi connectivity index (χ3n) is 2.36. The molecule has 16 heavy (non-hydrogen) atoms. The first-order valence-corrected chi connectivity index (χ1v) is 5.50. The number of thiophene rings is 1. The summed E-state index contributed by atoms with van der Waals surface area (Å²) in [5, 5.41) is 9.54. The standard InChI is InChI=1S/C12H9FN2S/c1-7-11(10(6-14)12(15)16-7)8-2-4-9(13)5-3-8/h2-5H,15H2,1H3. The fraction of sp³-hybridized carbons (Fsp3) is 0.0833. The van der Waals surface area contributed by atoms with Gasteiger partial charge in [0.1, 0.15) is 16.9 Å². The van der Waals surface area contributed by atoms with Crippen molar-refractivity contribution in [2.75, 3.05) is 5.73 Å². The lowest BCUT2D eigenvalue weighted by molar-refractivity contribution is 0.628. The average molecular weight is 232 g/mol. The van der Waals surface area contributed by atoms with E-state index in [2.05, 4.69) is 6.07 Å². The molecule has 2 aromatic rings. The normalized spacial score (nSPS) is 10.1. The maximum atomic E-state index is 12.8. The molecule has 1 heterocycles. The summed E-state index contributed by atoms with van der Waals surface area (Å²) < 4.78 is 12.8. The van der Waals surface area contributed by atoms with Crippen LogP contribution < -0.4 is 5.73 Å². The molecule has 0 aliphatic heterocycles. The van der Waals surface area contributed by atoms with Gasteiger partial charge in [-0.1, -0.05) is 12.1 Å². The molecule has 80 valence electrons. The van der Waals surface area contributed by atoms with Gasteiger partial charge in [-0.25, -0.2) is 4.39 Å². The summed E-state index contributed by atoms with van der Waals surface area (Å²) in [6.45, 7) is 1.90. The molecule has 4 heteroatoms. The summed E-state index contributed by atoms with van der Waals surface area (Å²) in [4.78, 5) is 0.973. The van der Waals surface area contributed by atoms with Crippen LogP contribution in [0.25, 0.3) is 11.1 Å². The zero-order chi connectivity index (χ0) is 11.7. The Labute approximate surface area is 96.8 Å². The Bertz CT molecular complexity index is 564. The fourth-order valence-electron chi connectivity index (χ4n) is 1.64. The van der Waals surface area contributed by atoms with E-state index in [1.807, 2.05) is 6.92 Å². The molecule has 0 aliphatic carbocycles. The van der Waals surface area contributed by atoms with Crippen LogP contribution in [-0.4, -0.2) is 0 Å². The van der Waals surface area contributed by atoms with Crippen molar-refractivity contribution in [3.05, 3.63) is 40.5 Å². The van der Waals surface area contributed by atoms with Crippen molar-refractivity contribution in [3.8, 4) is 17.2 Å². The predicted molar refractivity (Wildman–Crippen MR) is 63.6 cm³/mol. The number of nitrogen functional groups attached to an aromatic ring is 1. The first-order chi connectivity index (χ1) is 7.63. The van der Waals surface area contributed by atoms with Crippen molar-refractivity contribution in [2.45, 2.75) is 6.92 Å². The van der Waals surface area contributed by atoms with E-state index in [1.54, 1.807) is 12.1 Å². The maximum Gasteiger partial charge on any atom is 0.123 e. The molecule has 0 fully saturated rings. The Hall–Kier alpha value is -1.86. The van der Waals surface area contributed by atoms with E-state index in [0.29, 0.717) is 10.6 Å². The molecular formula is C12H9FN2S. The quantitative estimate of drug-likeness (QED) is 0.820. The fourth-order valence-corrected chi connectivity index (χ4v) is 2.54. The molecule has 0 radical (unpaired) electrons. The van der Waals surface area contributed by atoms with E-state index in [0.717, 1.165) is 16.0 Å². The average Bonchev–Trinajstić information content (AvgIpc) is 2.54. The van der Waals surface area contributed by atoms with Crippen LogP contribution in [-0.2, 0) is 0 Å². The van der Waals surface area contributed by atoms with Gasteiger partial charge in [0.25, 0.3) is 0 Å². The minimum atomic E-state index is -0.289. The molecule has 0 saturated heterocycles. The van der Waals surface area contributed by atoms with Crippen molar-refractivity contribution >= 4 is 16.3 Å². The van der Waals surface area contributed by atoms with Gasteiger partial charge in [0, 0.05) is 10.4 Å². The third-order valence-corrected chi connectivity index (χ3v) is 3.29. The SMILES string of the molecule is Cc1sc(N)c(C#N)c1-c1ccc(F)cc1. The minimum Gasteiger partial charge on any atom is -0.389 e. The van der Waals surface area contributed by atoms with Gasteiger partial charge in [0.05, 0.1) is 5.56 Å². The molecular weight excluding hydrogens is 223 g/mol. The number of nitrogens with zero attached hydrogens (tertiary/aromatic N) is 1. The second-order valence-electron chi connectivity index (χ2n) is 3.39. The van der Waals surface area contributed by atoms with Crippen LogP contribution in [0.1, 0.15) is 10.4 Å². The Balaban J connectivity index is 2.64. The van der Waals surface area contributed by atoms with E-state index in [-0.39, 0.29) is 5.82 Å². The topological polar surface area (TPSA) is 49.8 Å². The van der Waals surface area contributed by atoms with Crippen LogP contribution >= 0.6 is 11.3 Å². The van der Waals surface area contributed by atoms with Gasteiger partial charge in [-0.15, -0.1) is 11.3 Å². The van der Waals surface area contributed by atoms with E-state index in [1.165, 1.54) is 23.5 Å². The van der Waals surface area contributed by atoms with Crippen molar-refractivity contribution in [3.63, 3.8) is 0 Å². The van der Waals surface area contributed by atoms with E-state index < -0.39 is 0 Å². The molecule has 0 atom stereocenters. The van der Waals surface area contributed by atoms with Gasteiger partial charge >= 0.3 is 0 Å². The van der Waals surface area contributed by atoms with E-state index >= 15 is 0 Å². The summed E-state index contributed by atoms with van der Waals surface area (Å²) >= 11 is 1.38. The van der Waals surface area contributed by atoms with Crippen LogP contribution in [0, 0.1) is 24.1 Å². The highest BCUT2D eigenvalue weighted by Gasteiger charge is 2.14. The largest absolute Gasteiger partial charge is 0.389 e. The molecule has 1 aromatic heterocycles. The molecule has 0 saturated carbocycles. The lowest BCUT2D eigenvalue weighted by Crippen LogP contribution is -1.86. The number of nitriles is 1. The van der Waals surface area contributed by atoms with E-state index in [4.69, 9.17) is 11.0 Å². The summed E-state index contributed by atoms with van der Waals surface area (Å²) in [5.41, 5.74) is 7.86. The van der Waals surface area contributed by atoms with Crippen molar-refractivity contribution in [2.24, 2.45) is 0 Å². The summed E-state index contributed by atoms with van der Waals surface area (Å²) in [6, 6.07) is 8.16. The number of rotatable bonds is 1. The highest BCUT2D eigenvalue weighted by atomic mass is 32.1. The number of nitrogens with two attached hydrogens (primary N) is 1. The second-order valence-corrected chi connectivity index (χ2v) is 4.65. The molecule has 2 nitrogen and oxygen atoms in total. The van der Waals surface area contributed by atoms with Crippen LogP contribution in [0.15, 0.2) is 24.3 Å². The Morgan fingerprint density at radius 2 is 1.94 bits per heavy atom. The molecule has 0 spiro atoms. The van der Waals surface area contributed by atoms with Crippen molar-refractivity contribution in [1.82, 2.24) is 0 Å². The van der Waals surface area contributed by atoms with E-state index in [9.17, 15) is 4.39 Å². The number of hydrogen-bond acceptors (Lipinski definition) is 3. The lowest BCUT2D eigenvalue weighted by atomic mass is 10.0. The van der Waals surface area contributed by atoms with Gasteiger partial charge in [-0.05, 0) is 24.6 Å². The monoisotopic (exact) mass is 232 g/mol. The summed E-state index contributed by atoms with van der Waals surface area (Å²) in [6.07, 6.45) is 0. The maximum absolute atomic E-state index is 12.8. The Kier molecular flexibility index (Phi) is 2.63. The number of benzene rings is 1. The summed E-state index contributed by atoms with van der Waals surface area (Å²) in [7, 11) is 0. The molecule has 0 aliphatic rings. The third kappa shape index (κ3) is 1.66. The van der Waals surface area contributed by atoms with Crippen LogP contribution in [0.5, 0.6) is 0 Å². The molecule has 2 rings (SSSR count). The first kappa shape index (κ1) is 10.7. The van der Waals surface area contributed by atoms with Crippen LogP contribution in [0.2, 0.25) is 0 Å². The van der Waals surface area contributed by atoms with Crippen molar-refractivity contribution in [1.29, 1.82) is 5.26 Å². The van der Waals surface area contributed by atoms with Gasteiger partial charge in [0.2, 0.25) is 0 Å². The van der Waals surface area contributed by atoms with Gasteiger partial charge < -0.3 is 5.73 Å². The zero-order valence-electron chi connectivity index (χ0n) is 8.62. The number of aryl methyl sites for hydroxylation is 1. The van der Waals surface area contributed by atoms with Crippen LogP contribution in [0.3, 0.4) is 0 Å². The van der Waals surface area contributed by atoms with Crippen LogP contribution in [0.4, 0.5) is 9.39 Å². The Morgan fingerprint density at radius 3 is 2.50 bits per heavy atom. The molecule has 0 amide bonds. The molecule has 1 aromatic carbocycles. The van der Waals surface area contributed by atoms with Crippen molar-refractivity contribution < 1.29 is 4.39 Å². The van der Waals surface area contributed by atoms with Gasteiger partial charge in [-0.3, -0.25) is 0 Å². The molecule has 0 unspecified atom stereocenters. The zero-order valence-corrected chi connectivity index (χ0v) is 9.44. The summed E-state index contributed by atoms with van der Waals surface area (Å²) in [5.74, 6) is -0.289. The number of halogens is 1. The molecule has 2 N–H and O–H groups in total. The molecule has 0 bridgehead atoms. The second kappa shape index (κ2) is 3.95. The number of hydrogen-bond donors (Lipinski definition) is 1.